The van der Waals surface area contributed by atoms with Crippen LogP contribution in [0.1, 0.15) is 51.1 Å². The highest BCUT2D eigenvalue weighted by Gasteiger charge is 2.10. The number of unbranched alkanes of at least 4 members (excludes halogenated alkanes) is 2. The lowest BCUT2D eigenvalue weighted by molar-refractivity contribution is 0.310. The van der Waals surface area contributed by atoms with E-state index in [4.69, 9.17) is 15.2 Å². The van der Waals surface area contributed by atoms with E-state index in [2.05, 4.69) is 6.92 Å². The zero-order valence-corrected chi connectivity index (χ0v) is 13.0. The third-order valence-corrected chi connectivity index (χ3v) is 3.03. The lowest BCUT2D eigenvalue weighted by Gasteiger charge is -2.15. The van der Waals surface area contributed by atoms with Crippen LogP contribution in [0.5, 0.6) is 11.5 Å². The van der Waals surface area contributed by atoms with Crippen LogP contribution in [-0.4, -0.2) is 13.7 Å². The standard InChI is InChI=1S/C15H25NO2.ClH/c1-4-6-7-8-13(16)12-9-10-14(18-5-2)15(11-12)17-3;/h9-11,13H,4-8,16H2,1-3H3;1H/t13-;/m0./s1. The number of methoxy groups -OCH3 is 1. The molecule has 1 aromatic carbocycles. The summed E-state index contributed by atoms with van der Waals surface area (Å²) in [5.41, 5.74) is 7.30. The summed E-state index contributed by atoms with van der Waals surface area (Å²) in [5, 5.41) is 0. The predicted molar refractivity (Wildman–Crippen MR) is 82.5 cm³/mol. The van der Waals surface area contributed by atoms with Gasteiger partial charge in [-0.15, -0.1) is 12.4 Å². The number of halogens is 1. The quantitative estimate of drug-likeness (QED) is 0.732. The first-order valence-corrected chi connectivity index (χ1v) is 6.79. The molecule has 0 heterocycles. The van der Waals surface area contributed by atoms with Gasteiger partial charge in [0, 0.05) is 6.04 Å². The Morgan fingerprint density at radius 3 is 2.47 bits per heavy atom. The third kappa shape index (κ3) is 5.70. The fraction of sp³-hybridized carbons (Fsp3) is 0.600. The Balaban J connectivity index is 0.00000324. The molecule has 0 aromatic heterocycles. The fourth-order valence-electron chi connectivity index (χ4n) is 1.97. The van der Waals surface area contributed by atoms with Gasteiger partial charge >= 0.3 is 0 Å². The molecule has 3 nitrogen and oxygen atoms in total. The molecule has 0 radical (unpaired) electrons. The van der Waals surface area contributed by atoms with Crippen molar-refractivity contribution in [3.05, 3.63) is 23.8 Å². The van der Waals surface area contributed by atoms with Crippen molar-refractivity contribution in [3.8, 4) is 11.5 Å². The van der Waals surface area contributed by atoms with Crippen LogP contribution in [0.3, 0.4) is 0 Å². The molecule has 0 fully saturated rings. The smallest absolute Gasteiger partial charge is 0.161 e. The van der Waals surface area contributed by atoms with Crippen LogP contribution in [0.25, 0.3) is 0 Å². The van der Waals surface area contributed by atoms with Gasteiger partial charge in [0.15, 0.2) is 11.5 Å². The first-order chi connectivity index (χ1) is 8.72. The van der Waals surface area contributed by atoms with Crippen molar-refractivity contribution < 1.29 is 9.47 Å². The molecule has 0 aliphatic carbocycles. The van der Waals surface area contributed by atoms with Gasteiger partial charge in [0.25, 0.3) is 0 Å². The molecule has 0 saturated heterocycles. The summed E-state index contributed by atoms with van der Waals surface area (Å²) < 4.78 is 10.8. The van der Waals surface area contributed by atoms with Crippen molar-refractivity contribution in [2.75, 3.05) is 13.7 Å². The summed E-state index contributed by atoms with van der Waals surface area (Å²) in [6.07, 6.45) is 4.65. The van der Waals surface area contributed by atoms with Crippen LogP contribution in [0.15, 0.2) is 18.2 Å². The van der Waals surface area contributed by atoms with Crippen LogP contribution < -0.4 is 15.2 Å². The van der Waals surface area contributed by atoms with Crippen molar-refractivity contribution in [3.63, 3.8) is 0 Å². The average molecular weight is 288 g/mol. The molecule has 1 atom stereocenters. The molecule has 0 bridgehead atoms. The lowest BCUT2D eigenvalue weighted by Crippen LogP contribution is -2.10. The van der Waals surface area contributed by atoms with Gasteiger partial charge in [0.2, 0.25) is 0 Å². The molecule has 0 saturated carbocycles. The molecule has 4 heteroatoms. The van der Waals surface area contributed by atoms with Gasteiger partial charge in [-0.1, -0.05) is 32.3 Å². The number of benzene rings is 1. The van der Waals surface area contributed by atoms with Gasteiger partial charge in [-0.25, -0.2) is 0 Å². The summed E-state index contributed by atoms with van der Waals surface area (Å²) in [6, 6.07) is 6.05. The summed E-state index contributed by atoms with van der Waals surface area (Å²) in [4.78, 5) is 0. The molecule has 0 unspecified atom stereocenters. The SMILES string of the molecule is CCCCC[C@H](N)c1ccc(OCC)c(OC)c1.Cl. The van der Waals surface area contributed by atoms with E-state index in [0.29, 0.717) is 6.61 Å². The molecule has 0 aliphatic rings. The highest BCUT2D eigenvalue weighted by atomic mass is 35.5. The number of nitrogens with two attached hydrogens (primary N) is 1. The molecule has 110 valence electrons. The molecule has 1 rings (SSSR count). The van der Waals surface area contributed by atoms with E-state index in [1.54, 1.807) is 7.11 Å². The molecule has 1 aromatic rings. The van der Waals surface area contributed by atoms with Gasteiger partial charge in [-0.2, -0.15) is 0 Å². The summed E-state index contributed by atoms with van der Waals surface area (Å²) in [6.45, 7) is 4.80. The Morgan fingerprint density at radius 2 is 1.89 bits per heavy atom. The maximum Gasteiger partial charge on any atom is 0.161 e. The van der Waals surface area contributed by atoms with Gasteiger partial charge in [0.1, 0.15) is 0 Å². The molecule has 2 N–H and O–H groups in total. The van der Waals surface area contributed by atoms with E-state index < -0.39 is 0 Å². The van der Waals surface area contributed by atoms with E-state index in [1.165, 1.54) is 19.3 Å². The fourth-order valence-corrected chi connectivity index (χ4v) is 1.97. The maximum atomic E-state index is 6.19. The second-order valence-corrected chi connectivity index (χ2v) is 4.45. The Morgan fingerprint density at radius 1 is 1.16 bits per heavy atom. The molecular weight excluding hydrogens is 262 g/mol. The number of rotatable bonds is 8. The van der Waals surface area contributed by atoms with Crippen LogP contribution >= 0.6 is 12.4 Å². The monoisotopic (exact) mass is 287 g/mol. The number of hydrogen-bond donors (Lipinski definition) is 1. The Kier molecular flexibility index (Phi) is 9.44. The van der Waals surface area contributed by atoms with Crippen molar-refractivity contribution in [1.82, 2.24) is 0 Å². The molecule has 0 aliphatic heterocycles. The van der Waals surface area contributed by atoms with Crippen LogP contribution in [0.2, 0.25) is 0 Å². The second kappa shape index (κ2) is 9.93. The normalized spacial score (nSPS) is 11.6. The Bertz CT molecular complexity index is 358. The first kappa shape index (κ1) is 18.1. The molecule has 19 heavy (non-hydrogen) atoms. The van der Waals surface area contributed by atoms with Crippen molar-refractivity contribution in [1.29, 1.82) is 0 Å². The molecule has 0 amide bonds. The Labute approximate surface area is 122 Å². The minimum Gasteiger partial charge on any atom is -0.493 e. The molecule has 0 spiro atoms. The van der Waals surface area contributed by atoms with Crippen molar-refractivity contribution >= 4 is 12.4 Å². The van der Waals surface area contributed by atoms with Crippen LogP contribution in [-0.2, 0) is 0 Å². The van der Waals surface area contributed by atoms with E-state index in [0.717, 1.165) is 23.5 Å². The Hall–Kier alpha value is -0.930. The van der Waals surface area contributed by atoms with Crippen LogP contribution in [0, 0.1) is 0 Å². The van der Waals surface area contributed by atoms with Gasteiger partial charge in [-0.3, -0.25) is 0 Å². The van der Waals surface area contributed by atoms with Crippen LogP contribution in [0.4, 0.5) is 0 Å². The van der Waals surface area contributed by atoms with E-state index in [9.17, 15) is 0 Å². The highest BCUT2D eigenvalue weighted by Crippen LogP contribution is 2.30. The van der Waals surface area contributed by atoms with Gasteiger partial charge in [-0.05, 0) is 31.0 Å². The van der Waals surface area contributed by atoms with Gasteiger partial charge < -0.3 is 15.2 Å². The first-order valence-electron chi connectivity index (χ1n) is 6.79. The van der Waals surface area contributed by atoms with E-state index in [1.807, 2.05) is 25.1 Å². The van der Waals surface area contributed by atoms with E-state index >= 15 is 0 Å². The van der Waals surface area contributed by atoms with Crippen molar-refractivity contribution in [2.45, 2.75) is 45.6 Å². The average Bonchev–Trinajstić information content (AvgIpc) is 2.39. The van der Waals surface area contributed by atoms with Crippen molar-refractivity contribution in [2.24, 2.45) is 5.73 Å². The van der Waals surface area contributed by atoms with E-state index in [-0.39, 0.29) is 18.4 Å². The summed E-state index contributed by atoms with van der Waals surface area (Å²) in [5.74, 6) is 1.55. The topological polar surface area (TPSA) is 44.5 Å². The minimum absolute atomic E-state index is 0. The third-order valence-electron chi connectivity index (χ3n) is 3.03. The summed E-state index contributed by atoms with van der Waals surface area (Å²) in [7, 11) is 1.66. The number of hydrogen-bond acceptors (Lipinski definition) is 3. The lowest BCUT2D eigenvalue weighted by atomic mass is 10.0. The number of ether oxygens (including phenoxy) is 2. The molecular formula is C15H26ClNO2. The zero-order chi connectivity index (χ0) is 13.4. The maximum absolute atomic E-state index is 6.19. The highest BCUT2D eigenvalue weighted by molar-refractivity contribution is 5.85. The predicted octanol–water partition coefficient (Wildman–Crippen LogP) is 4.10. The zero-order valence-electron chi connectivity index (χ0n) is 12.1. The minimum atomic E-state index is 0. The second-order valence-electron chi connectivity index (χ2n) is 4.45. The van der Waals surface area contributed by atoms with Gasteiger partial charge in [0.05, 0.1) is 13.7 Å². The largest absolute Gasteiger partial charge is 0.493 e. The summed E-state index contributed by atoms with van der Waals surface area (Å²) >= 11 is 0.